The molecule has 1 aromatic rings. The standard InChI is InChI=1S/C17H25N5O4.HI/c1-12-10-21(11-15(12)16(23)26-3)17(18-2)20-9-8-19-13-4-6-14(7-5-13)22(24)25;/h4-7,12,15,19H,8-11H2,1-3H3,(H,18,20);1H. The Kier molecular flexibility index (Phi) is 9.26. The van der Waals surface area contributed by atoms with Crippen molar-refractivity contribution < 1.29 is 14.5 Å². The molecule has 27 heavy (non-hydrogen) atoms. The van der Waals surface area contributed by atoms with E-state index in [-0.39, 0.29) is 47.5 Å². The first kappa shape index (κ1) is 22.9. The molecule has 0 bridgehead atoms. The number of hydrogen-bond donors (Lipinski definition) is 2. The van der Waals surface area contributed by atoms with Gasteiger partial charge in [0.25, 0.3) is 5.69 Å². The molecule has 0 spiro atoms. The molecule has 1 saturated heterocycles. The van der Waals surface area contributed by atoms with Gasteiger partial charge in [0.15, 0.2) is 5.96 Å². The maximum atomic E-state index is 11.8. The zero-order valence-electron chi connectivity index (χ0n) is 15.7. The molecule has 0 aromatic heterocycles. The number of carbonyl (C=O) groups is 1. The van der Waals surface area contributed by atoms with E-state index in [0.29, 0.717) is 19.6 Å². The highest BCUT2D eigenvalue weighted by Gasteiger charge is 2.36. The third-order valence-electron chi connectivity index (χ3n) is 4.44. The van der Waals surface area contributed by atoms with E-state index >= 15 is 0 Å². The first-order valence-corrected chi connectivity index (χ1v) is 8.48. The van der Waals surface area contributed by atoms with E-state index in [4.69, 9.17) is 4.74 Å². The van der Waals surface area contributed by atoms with Crippen LogP contribution < -0.4 is 10.6 Å². The molecule has 0 aliphatic carbocycles. The number of carbonyl (C=O) groups excluding carboxylic acids is 1. The van der Waals surface area contributed by atoms with Gasteiger partial charge in [0, 0.05) is 51.0 Å². The molecule has 2 rings (SSSR count). The monoisotopic (exact) mass is 491 g/mol. The lowest BCUT2D eigenvalue weighted by Gasteiger charge is -2.21. The average molecular weight is 491 g/mol. The predicted molar refractivity (Wildman–Crippen MR) is 115 cm³/mol. The Bertz CT molecular complexity index is 668. The van der Waals surface area contributed by atoms with Gasteiger partial charge < -0.3 is 20.3 Å². The summed E-state index contributed by atoms with van der Waals surface area (Å²) in [6.07, 6.45) is 0. The molecule has 1 aromatic carbocycles. The SMILES string of the molecule is CN=C(NCCNc1ccc([N+](=O)[O-])cc1)N1CC(C)C(C(=O)OC)C1.I. The summed E-state index contributed by atoms with van der Waals surface area (Å²) in [5.74, 6) is 0.625. The molecule has 0 amide bonds. The maximum Gasteiger partial charge on any atom is 0.310 e. The van der Waals surface area contributed by atoms with Gasteiger partial charge in [-0.1, -0.05) is 6.92 Å². The molecule has 1 fully saturated rings. The number of nitro benzene ring substituents is 1. The number of nitrogens with one attached hydrogen (secondary N) is 2. The highest BCUT2D eigenvalue weighted by molar-refractivity contribution is 14.0. The summed E-state index contributed by atoms with van der Waals surface area (Å²) in [6, 6.07) is 6.28. The van der Waals surface area contributed by atoms with E-state index < -0.39 is 4.92 Å². The topological polar surface area (TPSA) is 109 Å². The van der Waals surface area contributed by atoms with Crippen molar-refractivity contribution in [3.05, 3.63) is 34.4 Å². The van der Waals surface area contributed by atoms with Crippen molar-refractivity contribution in [2.24, 2.45) is 16.8 Å². The summed E-state index contributed by atoms with van der Waals surface area (Å²) in [6.45, 7) is 4.61. The van der Waals surface area contributed by atoms with Gasteiger partial charge in [0.05, 0.1) is 18.0 Å². The van der Waals surface area contributed by atoms with Crippen LogP contribution in [0.5, 0.6) is 0 Å². The van der Waals surface area contributed by atoms with Gasteiger partial charge in [-0.05, 0) is 18.1 Å². The van der Waals surface area contributed by atoms with E-state index in [9.17, 15) is 14.9 Å². The molecule has 10 heteroatoms. The van der Waals surface area contributed by atoms with Crippen LogP contribution in [0.4, 0.5) is 11.4 Å². The summed E-state index contributed by atoms with van der Waals surface area (Å²) in [7, 11) is 3.12. The van der Waals surface area contributed by atoms with Gasteiger partial charge in [0.2, 0.25) is 0 Å². The van der Waals surface area contributed by atoms with Crippen molar-refractivity contribution in [3.8, 4) is 0 Å². The number of guanidine groups is 1. The Morgan fingerprint density at radius 2 is 2.00 bits per heavy atom. The van der Waals surface area contributed by atoms with Crippen molar-refractivity contribution in [2.75, 3.05) is 45.7 Å². The number of esters is 1. The molecule has 2 unspecified atom stereocenters. The fourth-order valence-electron chi connectivity index (χ4n) is 3.01. The highest BCUT2D eigenvalue weighted by Crippen LogP contribution is 2.24. The molecule has 0 saturated carbocycles. The number of likely N-dealkylation sites (tertiary alicyclic amines) is 1. The van der Waals surface area contributed by atoms with Crippen molar-refractivity contribution in [2.45, 2.75) is 6.92 Å². The van der Waals surface area contributed by atoms with E-state index in [1.807, 2.05) is 6.92 Å². The van der Waals surface area contributed by atoms with Gasteiger partial charge in [-0.2, -0.15) is 0 Å². The van der Waals surface area contributed by atoms with Gasteiger partial charge in [-0.15, -0.1) is 24.0 Å². The van der Waals surface area contributed by atoms with Crippen LogP contribution in [0.15, 0.2) is 29.3 Å². The molecule has 9 nitrogen and oxygen atoms in total. The van der Waals surface area contributed by atoms with Gasteiger partial charge >= 0.3 is 5.97 Å². The molecular formula is C17H26IN5O4. The number of ether oxygens (including phenoxy) is 1. The number of benzene rings is 1. The number of anilines is 1. The van der Waals surface area contributed by atoms with Crippen LogP contribution >= 0.6 is 24.0 Å². The van der Waals surface area contributed by atoms with Crippen molar-refractivity contribution in [1.82, 2.24) is 10.2 Å². The third kappa shape index (κ3) is 6.22. The van der Waals surface area contributed by atoms with E-state index in [0.717, 1.165) is 18.2 Å². The second-order valence-electron chi connectivity index (χ2n) is 6.22. The van der Waals surface area contributed by atoms with E-state index in [1.54, 1.807) is 19.2 Å². The number of nitro groups is 1. The summed E-state index contributed by atoms with van der Waals surface area (Å²) < 4.78 is 4.86. The highest BCUT2D eigenvalue weighted by atomic mass is 127. The number of methoxy groups -OCH3 is 1. The molecule has 2 atom stereocenters. The second kappa shape index (κ2) is 10.9. The second-order valence-corrected chi connectivity index (χ2v) is 6.22. The van der Waals surface area contributed by atoms with E-state index in [2.05, 4.69) is 20.5 Å². The average Bonchev–Trinajstić information content (AvgIpc) is 3.03. The van der Waals surface area contributed by atoms with Crippen LogP contribution in [-0.4, -0.2) is 62.1 Å². The van der Waals surface area contributed by atoms with E-state index in [1.165, 1.54) is 19.2 Å². The largest absolute Gasteiger partial charge is 0.469 e. The zero-order chi connectivity index (χ0) is 19.1. The number of hydrogen-bond acceptors (Lipinski definition) is 6. The Morgan fingerprint density at radius 3 is 2.56 bits per heavy atom. The predicted octanol–water partition coefficient (Wildman–Crippen LogP) is 1.94. The quantitative estimate of drug-likeness (QED) is 0.119. The number of non-ortho nitro benzene ring substituents is 1. The van der Waals surface area contributed by atoms with Crippen LogP contribution in [0.2, 0.25) is 0 Å². The first-order valence-electron chi connectivity index (χ1n) is 8.48. The summed E-state index contributed by atoms with van der Waals surface area (Å²) >= 11 is 0. The number of nitrogens with zero attached hydrogens (tertiary/aromatic N) is 3. The van der Waals surface area contributed by atoms with Gasteiger partial charge in [-0.3, -0.25) is 19.9 Å². The van der Waals surface area contributed by atoms with Crippen LogP contribution in [0.3, 0.4) is 0 Å². The van der Waals surface area contributed by atoms with Crippen LogP contribution in [0, 0.1) is 22.0 Å². The smallest absolute Gasteiger partial charge is 0.310 e. The van der Waals surface area contributed by atoms with Crippen molar-refractivity contribution in [1.29, 1.82) is 0 Å². The van der Waals surface area contributed by atoms with Gasteiger partial charge in [-0.25, -0.2) is 0 Å². The number of aliphatic imine (C=N–C) groups is 1. The Morgan fingerprint density at radius 1 is 1.33 bits per heavy atom. The fraction of sp³-hybridized carbons (Fsp3) is 0.529. The summed E-state index contributed by atoms with van der Waals surface area (Å²) in [4.78, 5) is 28.4. The van der Waals surface area contributed by atoms with Crippen LogP contribution in [0.25, 0.3) is 0 Å². The lowest BCUT2D eigenvalue weighted by Crippen LogP contribution is -2.42. The molecule has 2 N–H and O–H groups in total. The minimum atomic E-state index is -0.423. The summed E-state index contributed by atoms with van der Waals surface area (Å²) in [5, 5.41) is 17.1. The number of rotatable bonds is 6. The zero-order valence-corrected chi connectivity index (χ0v) is 18.0. The Balaban J connectivity index is 0.00000364. The lowest BCUT2D eigenvalue weighted by molar-refractivity contribution is -0.384. The Labute approximate surface area is 175 Å². The maximum absolute atomic E-state index is 11.8. The van der Waals surface area contributed by atoms with Crippen LogP contribution in [0.1, 0.15) is 6.92 Å². The van der Waals surface area contributed by atoms with Gasteiger partial charge in [0.1, 0.15) is 0 Å². The first-order chi connectivity index (χ1) is 12.5. The van der Waals surface area contributed by atoms with Crippen molar-refractivity contribution in [3.63, 3.8) is 0 Å². The molecule has 1 heterocycles. The minimum Gasteiger partial charge on any atom is -0.469 e. The molecule has 1 aliphatic rings. The van der Waals surface area contributed by atoms with Crippen LogP contribution in [-0.2, 0) is 9.53 Å². The molecule has 150 valence electrons. The molecule has 0 radical (unpaired) electrons. The number of halogens is 1. The lowest BCUT2D eigenvalue weighted by atomic mass is 9.99. The Hall–Kier alpha value is -2.11. The van der Waals surface area contributed by atoms with Crippen molar-refractivity contribution >= 4 is 47.3 Å². The third-order valence-corrected chi connectivity index (χ3v) is 4.44. The minimum absolute atomic E-state index is 0. The fourth-order valence-corrected chi connectivity index (χ4v) is 3.01. The normalized spacial score (nSPS) is 19.2. The molecule has 1 aliphatic heterocycles. The summed E-state index contributed by atoms with van der Waals surface area (Å²) in [5.41, 5.74) is 0.880. The molecular weight excluding hydrogens is 465 g/mol.